The number of aromatic nitrogens is 6. The smallest absolute Gasteiger partial charge is 0.227 e. The van der Waals surface area contributed by atoms with Gasteiger partial charge in [0.15, 0.2) is 11.6 Å². The second-order valence-corrected chi connectivity index (χ2v) is 23.4. The van der Waals surface area contributed by atoms with Crippen LogP contribution in [0, 0.1) is 39.3 Å². The SMILES string of the molecule is Cc1noc(C)c1-c1ccc2c(c1)nc([C@@H]1CCCC(=O)N1)n2[C@@H]1CCN(S(C)(=O)=O)C1.Cc1noc(C)c1-c1ccc2c(c1)nc([C@@H]1CCCC(=O)N1c1ccc(F)c(F)c1)n2[C@@H]1CCN(S(C)(=O)=O)C1. The van der Waals surface area contributed by atoms with Crippen molar-refractivity contribution >= 4 is 59.6 Å². The largest absolute Gasteiger partial charge is 0.361 e. The van der Waals surface area contributed by atoms with Crippen LogP contribution >= 0.6 is 0 Å². The number of hydrogen-bond acceptors (Lipinski definition) is 12. The van der Waals surface area contributed by atoms with Gasteiger partial charge in [-0.1, -0.05) is 22.4 Å². The van der Waals surface area contributed by atoms with Crippen LogP contribution < -0.4 is 10.2 Å². The molecule has 0 saturated carbocycles. The Balaban J connectivity index is 0.000000170. The highest BCUT2D eigenvalue weighted by Crippen LogP contribution is 2.42. The van der Waals surface area contributed by atoms with Gasteiger partial charge in [-0.25, -0.2) is 44.2 Å². The van der Waals surface area contributed by atoms with Crippen LogP contribution in [0.2, 0.25) is 0 Å². The molecule has 4 atom stereocenters. The maximum atomic E-state index is 14.3. The van der Waals surface area contributed by atoms with Crippen molar-refractivity contribution in [3.05, 3.63) is 101 Å². The molecule has 0 radical (unpaired) electrons. The standard InChI is InChI=1S/C28H29F2N5O4S.C22H27N5O4S/c1-16-27(17(2)39-32-16)18-7-10-24-23(13-18)31-28(35(24)20-11-12-33(15-20)40(3,37)38)25-5-4-6-26(36)34(25)19-8-9-21(29)22(30)14-19;1-13-21(14(2)31-25-13)15-7-8-19-18(11-15)24-22(17-5-4-6-20(28)23-17)27(19)16-9-10-26(12-16)32(3,29)30/h7-10,13-14,20,25H,4-6,11-12,15H2,1-3H3;7-8,11,16-17H,4-6,9-10,12H2,1-3H3,(H,23,28)/t20-,25+;16-,17+/m11/s1. The zero-order valence-electron chi connectivity index (χ0n) is 40.9. The van der Waals surface area contributed by atoms with E-state index in [-0.39, 0.29) is 48.6 Å². The quantitative estimate of drug-likeness (QED) is 0.146. The molecule has 18 nitrogen and oxygen atoms in total. The van der Waals surface area contributed by atoms with Crippen LogP contribution in [0.5, 0.6) is 0 Å². The fraction of sp³-hybridized carbons (Fsp3) is 0.440. The number of carbonyl (C=O) groups is 2. The van der Waals surface area contributed by atoms with Gasteiger partial charge in [0.2, 0.25) is 31.9 Å². The van der Waals surface area contributed by atoms with Crippen molar-refractivity contribution in [2.75, 3.05) is 43.6 Å². The molecule has 22 heteroatoms. The molecule has 1 N–H and O–H groups in total. The molecule has 8 heterocycles. The number of fused-ring (bicyclic) bond motifs is 2. The number of anilines is 1. The maximum absolute atomic E-state index is 14.3. The van der Waals surface area contributed by atoms with Crippen molar-refractivity contribution in [1.29, 1.82) is 0 Å². The Morgan fingerprint density at radius 3 is 1.65 bits per heavy atom. The second kappa shape index (κ2) is 18.9. The highest BCUT2D eigenvalue weighted by atomic mass is 32.2. The first-order chi connectivity index (χ1) is 34.2. The third-order valence-electron chi connectivity index (χ3n) is 14.5. The number of amides is 2. The van der Waals surface area contributed by atoms with Crippen LogP contribution in [0.25, 0.3) is 44.3 Å². The number of benzene rings is 3. The van der Waals surface area contributed by atoms with Crippen molar-refractivity contribution in [1.82, 2.24) is 43.3 Å². The third-order valence-corrected chi connectivity index (χ3v) is 17.0. The molecule has 4 saturated heterocycles. The van der Waals surface area contributed by atoms with Gasteiger partial charge in [-0.15, -0.1) is 0 Å². The molecule has 7 aromatic rings. The van der Waals surface area contributed by atoms with Crippen molar-refractivity contribution in [3.8, 4) is 22.3 Å². The minimum Gasteiger partial charge on any atom is -0.361 e. The summed E-state index contributed by atoms with van der Waals surface area (Å²) in [4.78, 5) is 36.9. The molecule has 4 aromatic heterocycles. The monoisotopic (exact) mass is 1030 g/mol. The van der Waals surface area contributed by atoms with E-state index in [4.69, 9.17) is 19.0 Å². The van der Waals surface area contributed by atoms with Crippen LogP contribution in [-0.2, 0) is 29.6 Å². The molecule has 0 unspecified atom stereocenters. The molecule has 3 aromatic carbocycles. The van der Waals surface area contributed by atoms with Gasteiger partial charge in [-0.3, -0.25) is 9.59 Å². The van der Waals surface area contributed by atoms with E-state index in [0.29, 0.717) is 68.8 Å². The number of imidazole rings is 2. The van der Waals surface area contributed by atoms with E-state index < -0.39 is 37.7 Å². The second-order valence-electron chi connectivity index (χ2n) is 19.4. The Hall–Kier alpha value is -6.36. The molecular weight excluding hydrogens is 971 g/mol. The Morgan fingerprint density at radius 2 is 1.17 bits per heavy atom. The van der Waals surface area contributed by atoms with Crippen molar-refractivity contribution in [3.63, 3.8) is 0 Å². The van der Waals surface area contributed by atoms with Gasteiger partial charge in [-0.05, 0) is 114 Å². The number of piperidine rings is 2. The Kier molecular flexibility index (Phi) is 12.9. The maximum Gasteiger partial charge on any atom is 0.227 e. The van der Waals surface area contributed by atoms with E-state index in [2.05, 4.69) is 20.2 Å². The number of aryl methyl sites for hydroxylation is 4. The number of hydrogen-bond donors (Lipinski definition) is 1. The lowest BCUT2D eigenvalue weighted by molar-refractivity contribution is -0.123. The van der Waals surface area contributed by atoms with Gasteiger partial charge < -0.3 is 28.4 Å². The van der Waals surface area contributed by atoms with Gasteiger partial charge in [0.25, 0.3) is 0 Å². The van der Waals surface area contributed by atoms with Gasteiger partial charge in [0, 0.05) is 61.9 Å². The molecule has 11 rings (SSSR count). The summed E-state index contributed by atoms with van der Waals surface area (Å²) in [5.41, 5.74) is 8.74. The summed E-state index contributed by atoms with van der Waals surface area (Å²) >= 11 is 0. The molecular formula is C50H56F2N10O8S2. The molecule has 380 valence electrons. The summed E-state index contributed by atoms with van der Waals surface area (Å²) in [6, 6.07) is 14.4. The van der Waals surface area contributed by atoms with Crippen LogP contribution in [-0.4, -0.2) is 105 Å². The normalized spacial score (nSPS) is 21.5. The van der Waals surface area contributed by atoms with E-state index >= 15 is 0 Å². The molecule has 0 aliphatic carbocycles. The number of rotatable bonds is 9. The molecule has 2 amide bonds. The minimum absolute atomic E-state index is 0.0282. The summed E-state index contributed by atoms with van der Waals surface area (Å²) < 4.78 is 94.8. The Bertz CT molecular complexity index is 3470. The molecule has 0 bridgehead atoms. The lowest BCUT2D eigenvalue weighted by atomic mass is 9.99. The summed E-state index contributed by atoms with van der Waals surface area (Å²) in [5.74, 6) is 0.608. The van der Waals surface area contributed by atoms with E-state index in [1.54, 1.807) is 0 Å². The number of sulfonamides is 2. The molecule has 4 aliphatic rings. The van der Waals surface area contributed by atoms with E-state index in [0.717, 1.165) is 86.8 Å². The highest BCUT2D eigenvalue weighted by molar-refractivity contribution is 7.88. The average Bonchev–Trinajstić information content (AvgIpc) is 4.20. The molecule has 4 fully saturated rings. The van der Waals surface area contributed by atoms with Gasteiger partial charge in [0.05, 0.1) is 70.1 Å². The first-order valence-electron chi connectivity index (χ1n) is 24.1. The predicted molar refractivity (Wildman–Crippen MR) is 265 cm³/mol. The summed E-state index contributed by atoms with van der Waals surface area (Å²) in [5, 5.41) is 11.2. The lowest BCUT2D eigenvalue weighted by Crippen LogP contribution is -2.40. The third kappa shape index (κ3) is 9.21. The molecule has 72 heavy (non-hydrogen) atoms. The fourth-order valence-corrected chi connectivity index (χ4v) is 12.9. The summed E-state index contributed by atoms with van der Waals surface area (Å²) in [6.45, 7) is 9.04. The van der Waals surface area contributed by atoms with Crippen LogP contribution in [0.1, 0.15) is 110 Å². The summed E-state index contributed by atoms with van der Waals surface area (Å²) in [7, 11) is -6.65. The van der Waals surface area contributed by atoms with Crippen molar-refractivity contribution in [2.24, 2.45) is 0 Å². The van der Waals surface area contributed by atoms with E-state index in [1.807, 2.05) is 68.7 Å². The van der Waals surface area contributed by atoms with Gasteiger partial charge >= 0.3 is 0 Å². The lowest BCUT2D eigenvalue weighted by Gasteiger charge is -2.36. The number of halogens is 2. The summed E-state index contributed by atoms with van der Waals surface area (Å²) in [6.07, 6.45) is 7.32. The highest BCUT2D eigenvalue weighted by Gasteiger charge is 2.39. The van der Waals surface area contributed by atoms with Crippen molar-refractivity contribution < 1.29 is 44.3 Å². The number of carbonyl (C=O) groups excluding carboxylic acids is 2. The van der Waals surface area contributed by atoms with E-state index in [9.17, 15) is 35.2 Å². The predicted octanol–water partition coefficient (Wildman–Crippen LogP) is 7.91. The van der Waals surface area contributed by atoms with Crippen LogP contribution in [0.4, 0.5) is 14.5 Å². The van der Waals surface area contributed by atoms with Crippen molar-refractivity contribution in [2.45, 2.75) is 103 Å². The first-order valence-corrected chi connectivity index (χ1v) is 27.8. The van der Waals surface area contributed by atoms with E-state index in [1.165, 1.54) is 32.1 Å². The number of nitrogens with one attached hydrogen (secondary N) is 1. The number of nitrogens with zero attached hydrogens (tertiary/aromatic N) is 9. The fourth-order valence-electron chi connectivity index (χ4n) is 11.1. The zero-order valence-corrected chi connectivity index (χ0v) is 42.5. The molecule has 0 spiro atoms. The Morgan fingerprint density at radius 1 is 0.639 bits per heavy atom. The van der Waals surface area contributed by atoms with Crippen LogP contribution in [0.15, 0.2) is 63.6 Å². The minimum atomic E-state index is -3.39. The zero-order chi connectivity index (χ0) is 51.0. The van der Waals surface area contributed by atoms with Gasteiger partial charge in [-0.2, -0.15) is 0 Å². The Labute approximate surface area is 415 Å². The molecule has 4 aliphatic heterocycles. The average molecular weight is 1030 g/mol. The van der Waals surface area contributed by atoms with Gasteiger partial charge in [0.1, 0.15) is 23.2 Å². The van der Waals surface area contributed by atoms with Crippen LogP contribution in [0.3, 0.4) is 0 Å². The topological polar surface area (TPSA) is 212 Å². The first kappa shape index (κ1) is 49.2.